The summed E-state index contributed by atoms with van der Waals surface area (Å²) in [6.07, 6.45) is 1.73. The van der Waals surface area contributed by atoms with Gasteiger partial charge in [-0.3, -0.25) is 9.78 Å². The van der Waals surface area contributed by atoms with Crippen LogP contribution in [-0.4, -0.2) is 15.9 Å². The third-order valence-corrected chi connectivity index (χ3v) is 3.28. The average molecular weight is 328 g/mol. The van der Waals surface area contributed by atoms with Crippen molar-refractivity contribution in [1.82, 2.24) is 9.97 Å². The molecular weight excluding hydrogens is 318 g/mol. The molecule has 1 N–H and O–H groups in total. The van der Waals surface area contributed by atoms with Crippen molar-refractivity contribution in [3.63, 3.8) is 0 Å². The number of carbonyl (C=O) groups is 1. The van der Waals surface area contributed by atoms with Gasteiger partial charge in [-0.15, -0.1) is 0 Å². The van der Waals surface area contributed by atoms with Crippen LogP contribution in [0.4, 0.5) is 5.69 Å². The number of fused-ring (bicyclic) bond motifs is 1. The maximum atomic E-state index is 12.2. The monoisotopic (exact) mass is 327 g/mol. The van der Waals surface area contributed by atoms with E-state index in [1.807, 2.05) is 30.3 Å². The summed E-state index contributed by atoms with van der Waals surface area (Å²) in [7, 11) is 0. The SMILES string of the molecule is O=C(Nc1cccc2ncccc12)c1cccc(Br)n1. The van der Waals surface area contributed by atoms with Crippen LogP contribution in [0.3, 0.4) is 0 Å². The van der Waals surface area contributed by atoms with Crippen LogP contribution in [0.25, 0.3) is 10.9 Å². The van der Waals surface area contributed by atoms with Gasteiger partial charge in [0.05, 0.1) is 11.2 Å². The van der Waals surface area contributed by atoms with Gasteiger partial charge in [-0.2, -0.15) is 0 Å². The van der Waals surface area contributed by atoms with Crippen molar-refractivity contribution in [1.29, 1.82) is 0 Å². The highest BCUT2D eigenvalue weighted by Gasteiger charge is 2.09. The molecule has 0 saturated carbocycles. The summed E-state index contributed by atoms with van der Waals surface area (Å²) in [5.41, 5.74) is 1.93. The molecule has 0 aliphatic carbocycles. The van der Waals surface area contributed by atoms with Crippen LogP contribution in [0.2, 0.25) is 0 Å². The second-order valence-corrected chi connectivity index (χ2v) is 4.99. The Morgan fingerprint density at radius 3 is 2.75 bits per heavy atom. The maximum absolute atomic E-state index is 12.2. The van der Waals surface area contributed by atoms with Gasteiger partial charge in [0.2, 0.25) is 0 Å². The maximum Gasteiger partial charge on any atom is 0.274 e. The molecule has 0 fully saturated rings. The number of hydrogen-bond donors (Lipinski definition) is 1. The summed E-state index contributed by atoms with van der Waals surface area (Å²) in [4.78, 5) is 20.6. The number of hydrogen-bond acceptors (Lipinski definition) is 3. The Kier molecular flexibility index (Phi) is 3.43. The number of benzene rings is 1. The van der Waals surface area contributed by atoms with Crippen LogP contribution in [-0.2, 0) is 0 Å². The van der Waals surface area contributed by atoms with Crippen molar-refractivity contribution in [3.05, 3.63) is 65.0 Å². The molecule has 4 nitrogen and oxygen atoms in total. The van der Waals surface area contributed by atoms with Crippen molar-refractivity contribution in [2.75, 3.05) is 5.32 Å². The minimum absolute atomic E-state index is 0.248. The predicted octanol–water partition coefficient (Wildman–Crippen LogP) is 3.64. The molecule has 0 radical (unpaired) electrons. The zero-order valence-electron chi connectivity index (χ0n) is 10.4. The smallest absolute Gasteiger partial charge is 0.274 e. The van der Waals surface area contributed by atoms with Crippen molar-refractivity contribution in [3.8, 4) is 0 Å². The quantitative estimate of drug-likeness (QED) is 0.731. The van der Waals surface area contributed by atoms with E-state index in [1.54, 1.807) is 24.4 Å². The van der Waals surface area contributed by atoms with Crippen LogP contribution >= 0.6 is 15.9 Å². The van der Waals surface area contributed by atoms with Gasteiger partial charge in [0.25, 0.3) is 5.91 Å². The van der Waals surface area contributed by atoms with Crippen molar-refractivity contribution >= 4 is 38.4 Å². The Bertz CT molecular complexity index is 783. The molecule has 1 amide bonds. The number of rotatable bonds is 2. The summed E-state index contributed by atoms with van der Waals surface area (Å²) in [5.74, 6) is -0.248. The van der Waals surface area contributed by atoms with Crippen molar-refractivity contribution in [2.45, 2.75) is 0 Å². The van der Waals surface area contributed by atoms with Gasteiger partial charge in [-0.1, -0.05) is 12.1 Å². The molecule has 3 rings (SSSR count). The van der Waals surface area contributed by atoms with E-state index in [0.717, 1.165) is 16.6 Å². The third-order valence-electron chi connectivity index (χ3n) is 2.84. The predicted molar refractivity (Wildman–Crippen MR) is 81.6 cm³/mol. The second-order valence-electron chi connectivity index (χ2n) is 4.18. The molecule has 0 bridgehead atoms. The molecule has 20 heavy (non-hydrogen) atoms. The fourth-order valence-electron chi connectivity index (χ4n) is 1.93. The first-order valence-corrected chi connectivity index (χ1v) is 6.81. The fraction of sp³-hybridized carbons (Fsp3) is 0. The highest BCUT2D eigenvalue weighted by molar-refractivity contribution is 9.10. The van der Waals surface area contributed by atoms with Gasteiger partial charge in [0.1, 0.15) is 10.3 Å². The van der Waals surface area contributed by atoms with Crippen LogP contribution in [0, 0.1) is 0 Å². The lowest BCUT2D eigenvalue weighted by molar-refractivity contribution is 0.102. The Hall–Kier alpha value is -2.27. The molecule has 98 valence electrons. The molecule has 0 saturated heterocycles. The standard InChI is InChI=1S/C15H10BrN3O/c16-14-8-2-7-13(18-14)15(20)19-12-6-1-5-11-10(12)4-3-9-17-11/h1-9H,(H,19,20). The van der Waals surface area contributed by atoms with E-state index in [-0.39, 0.29) is 5.91 Å². The summed E-state index contributed by atoms with van der Waals surface area (Å²) in [5, 5.41) is 3.77. The summed E-state index contributed by atoms with van der Waals surface area (Å²) in [6, 6.07) is 14.6. The molecule has 3 aromatic rings. The minimum atomic E-state index is -0.248. The number of halogens is 1. The number of anilines is 1. The molecule has 0 aliphatic rings. The summed E-state index contributed by atoms with van der Waals surface area (Å²) < 4.78 is 0.629. The molecule has 2 aromatic heterocycles. The topological polar surface area (TPSA) is 54.9 Å². The molecule has 0 spiro atoms. The number of carbonyl (C=O) groups excluding carboxylic acids is 1. The molecule has 0 atom stereocenters. The Morgan fingerprint density at radius 1 is 1.05 bits per heavy atom. The highest BCUT2D eigenvalue weighted by Crippen LogP contribution is 2.21. The van der Waals surface area contributed by atoms with E-state index in [0.29, 0.717) is 10.3 Å². The van der Waals surface area contributed by atoms with Crippen molar-refractivity contribution < 1.29 is 4.79 Å². The van der Waals surface area contributed by atoms with E-state index in [1.165, 1.54) is 0 Å². The Balaban J connectivity index is 1.95. The number of nitrogens with one attached hydrogen (secondary N) is 1. The molecule has 5 heteroatoms. The normalized spacial score (nSPS) is 10.4. The largest absolute Gasteiger partial charge is 0.320 e. The fourth-order valence-corrected chi connectivity index (χ4v) is 2.28. The summed E-state index contributed by atoms with van der Waals surface area (Å²) in [6.45, 7) is 0. The number of nitrogens with zero attached hydrogens (tertiary/aromatic N) is 2. The zero-order chi connectivity index (χ0) is 13.9. The van der Waals surface area contributed by atoms with E-state index < -0.39 is 0 Å². The third kappa shape index (κ3) is 2.53. The summed E-state index contributed by atoms with van der Waals surface area (Å²) >= 11 is 3.25. The van der Waals surface area contributed by atoms with Gasteiger partial charge >= 0.3 is 0 Å². The lowest BCUT2D eigenvalue weighted by atomic mass is 10.2. The first-order chi connectivity index (χ1) is 9.74. The van der Waals surface area contributed by atoms with Gasteiger partial charge in [0, 0.05) is 11.6 Å². The number of amides is 1. The van der Waals surface area contributed by atoms with Gasteiger partial charge in [-0.25, -0.2) is 4.98 Å². The van der Waals surface area contributed by atoms with Crippen LogP contribution in [0.15, 0.2) is 59.3 Å². The van der Waals surface area contributed by atoms with Gasteiger partial charge < -0.3 is 5.32 Å². The Labute approximate surface area is 124 Å². The number of aromatic nitrogens is 2. The lowest BCUT2D eigenvalue weighted by Gasteiger charge is -2.08. The molecular formula is C15H10BrN3O. The average Bonchev–Trinajstić information content (AvgIpc) is 2.47. The number of pyridine rings is 2. The highest BCUT2D eigenvalue weighted by atomic mass is 79.9. The molecule has 0 unspecified atom stereocenters. The van der Waals surface area contributed by atoms with Gasteiger partial charge in [-0.05, 0) is 52.3 Å². The Morgan fingerprint density at radius 2 is 1.90 bits per heavy atom. The van der Waals surface area contributed by atoms with Gasteiger partial charge in [0.15, 0.2) is 0 Å². The first-order valence-electron chi connectivity index (χ1n) is 6.02. The lowest BCUT2D eigenvalue weighted by Crippen LogP contribution is -2.13. The molecule has 0 aliphatic heterocycles. The molecule has 1 aromatic carbocycles. The second kappa shape index (κ2) is 5.38. The first kappa shape index (κ1) is 12.7. The van der Waals surface area contributed by atoms with E-state index in [2.05, 4.69) is 31.2 Å². The minimum Gasteiger partial charge on any atom is -0.320 e. The van der Waals surface area contributed by atoms with E-state index >= 15 is 0 Å². The molecule has 2 heterocycles. The van der Waals surface area contributed by atoms with Crippen LogP contribution < -0.4 is 5.32 Å². The zero-order valence-corrected chi connectivity index (χ0v) is 12.0. The van der Waals surface area contributed by atoms with E-state index in [4.69, 9.17) is 0 Å². The van der Waals surface area contributed by atoms with Crippen LogP contribution in [0.5, 0.6) is 0 Å². The van der Waals surface area contributed by atoms with E-state index in [9.17, 15) is 4.79 Å². The van der Waals surface area contributed by atoms with Crippen molar-refractivity contribution in [2.24, 2.45) is 0 Å². The van der Waals surface area contributed by atoms with Crippen LogP contribution in [0.1, 0.15) is 10.5 Å².